The summed E-state index contributed by atoms with van der Waals surface area (Å²) in [5.74, 6) is 0.186. The van der Waals surface area contributed by atoms with Gasteiger partial charge in [0.1, 0.15) is 0 Å². The van der Waals surface area contributed by atoms with Gasteiger partial charge < -0.3 is 10.2 Å². The van der Waals surface area contributed by atoms with Crippen LogP contribution in [0.4, 0.5) is 5.95 Å². The Kier molecular flexibility index (Phi) is 5.37. The van der Waals surface area contributed by atoms with E-state index in [1.54, 1.807) is 4.90 Å². The molecule has 1 N–H and O–H groups in total. The number of halogens is 2. The molecule has 0 unspecified atom stereocenters. The Hall–Kier alpha value is -1.14. The standard InChI is InChI=1S/C9H13Cl2N5O/c1-3-12-6(17)5-16(4-2)9-14-7(10)13-8(11)15-9/h3-5H2,1-2H3,(H,12,17). The van der Waals surface area contributed by atoms with Gasteiger partial charge >= 0.3 is 0 Å². The maximum Gasteiger partial charge on any atom is 0.239 e. The van der Waals surface area contributed by atoms with Crippen LogP contribution in [0.2, 0.25) is 10.6 Å². The molecule has 0 spiro atoms. The van der Waals surface area contributed by atoms with Gasteiger partial charge in [-0.3, -0.25) is 4.79 Å². The lowest BCUT2D eigenvalue weighted by atomic mass is 10.4. The Morgan fingerprint density at radius 2 is 1.82 bits per heavy atom. The second-order valence-corrected chi connectivity index (χ2v) is 3.82. The highest BCUT2D eigenvalue weighted by molar-refractivity contribution is 6.31. The number of likely N-dealkylation sites (N-methyl/N-ethyl adjacent to an activating group) is 2. The fraction of sp³-hybridized carbons (Fsp3) is 0.556. The van der Waals surface area contributed by atoms with Gasteiger partial charge in [-0.25, -0.2) is 0 Å². The molecule has 0 fully saturated rings. The number of carbonyl (C=O) groups is 1. The molecule has 0 aliphatic heterocycles. The summed E-state index contributed by atoms with van der Waals surface area (Å²) in [6.45, 7) is 5.03. The molecule has 8 heteroatoms. The summed E-state index contributed by atoms with van der Waals surface area (Å²) >= 11 is 11.3. The van der Waals surface area contributed by atoms with Gasteiger partial charge in [-0.15, -0.1) is 0 Å². The van der Waals surface area contributed by atoms with Gasteiger partial charge in [0.15, 0.2) is 0 Å². The van der Waals surface area contributed by atoms with E-state index in [1.807, 2.05) is 13.8 Å². The van der Waals surface area contributed by atoms with E-state index < -0.39 is 0 Å². The number of nitrogens with one attached hydrogen (secondary N) is 1. The molecule has 0 aliphatic rings. The van der Waals surface area contributed by atoms with Gasteiger partial charge in [-0.1, -0.05) is 0 Å². The predicted molar refractivity (Wildman–Crippen MR) is 66.4 cm³/mol. The maximum absolute atomic E-state index is 11.5. The summed E-state index contributed by atoms with van der Waals surface area (Å²) in [6, 6.07) is 0. The van der Waals surface area contributed by atoms with Crippen molar-refractivity contribution in [3.63, 3.8) is 0 Å². The first-order chi connectivity index (χ1) is 8.06. The molecule has 0 aromatic carbocycles. The minimum Gasteiger partial charge on any atom is -0.355 e. The molecule has 0 radical (unpaired) electrons. The third-order valence-electron chi connectivity index (χ3n) is 1.94. The van der Waals surface area contributed by atoms with Crippen molar-refractivity contribution in [1.29, 1.82) is 0 Å². The van der Waals surface area contributed by atoms with Crippen LogP contribution in [-0.2, 0) is 4.79 Å². The number of nitrogens with zero attached hydrogens (tertiary/aromatic N) is 4. The molecule has 1 rings (SSSR count). The van der Waals surface area contributed by atoms with Crippen molar-refractivity contribution in [2.24, 2.45) is 0 Å². The zero-order valence-corrected chi connectivity index (χ0v) is 11.1. The number of carbonyl (C=O) groups excluding carboxylic acids is 1. The molecule has 0 aliphatic carbocycles. The van der Waals surface area contributed by atoms with Crippen LogP contribution in [0.1, 0.15) is 13.8 Å². The van der Waals surface area contributed by atoms with Crippen molar-refractivity contribution in [2.45, 2.75) is 13.8 Å². The first-order valence-electron chi connectivity index (χ1n) is 5.15. The lowest BCUT2D eigenvalue weighted by Crippen LogP contribution is -2.38. The Bertz CT molecular complexity index is 381. The molecule has 17 heavy (non-hydrogen) atoms. The normalized spacial score (nSPS) is 10.1. The fourth-order valence-electron chi connectivity index (χ4n) is 1.21. The van der Waals surface area contributed by atoms with Crippen LogP contribution in [0.3, 0.4) is 0 Å². The molecule has 0 saturated heterocycles. The van der Waals surface area contributed by atoms with Crippen LogP contribution in [-0.4, -0.2) is 40.5 Å². The number of hydrogen-bond acceptors (Lipinski definition) is 5. The average Bonchev–Trinajstić information content (AvgIpc) is 2.24. The third-order valence-corrected chi connectivity index (χ3v) is 2.28. The second-order valence-electron chi connectivity index (χ2n) is 3.14. The van der Waals surface area contributed by atoms with E-state index >= 15 is 0 Å². The van der Waals surface area contributed by atoms with Crippen LogP contribution >= 0.6 is 23.2 Å². The van der Waals surface area contributed by atoms with Gasteiger partial charge in [0.2, 0.25) is 22.4 Å². The fourth-order valence-corrected chi connectivity index (χ4v) is 1.56. The maximum atomic E-state index is 11.5. The number of hydrogen-bond donors (Lipinski definition) is 1. The Balaban J connectivity index is 2.82. The van der Waals surface area contributed by atoms with Crippen molar-refractivity contribution in [3.8, 4) is 0 Å². The quantitative estimate of drug-likeness (QED) is 0.874. The highest BCUT2D eigenvalue weighted by atomic mass is 35.5. The van der Waals surface area contributed by atoms with Gasteiger partial charge in [-0.2, -0.15) is 15.0 Å². The van der Waals surface area contributed by atoms with Crippen LogP contribution < -0.4 is 10.2 Å². The van der Waals surface area contributed by atoms with Crippen molar-refractivity contribution in [3.05, 3.63) is 10.6 Å². The first-order valence-corrected chi connectivity index (χ1v) is 5.91. The molecule has 1 aromatic rings. The highest BCUT2D eigenvalue weighted by Gasteiger charge is 2.13. The topological polar surface area (TPSA) is 71.0 Å². The van der Waals surface area contributed by atoms with E-state index in [-0.39, 0.29) is 23.0 Å². The monoisotopic (exact) mass is 277 g/mol. The minimum atomic E-state index is -0.109. The van der Waals surface area contributed by atoms with Crippen LogP contribution in [0.25, 0.3) is 0 Å². The SMILES string of the molecule is CCNC(=O)CN(CC)c1nc(Cl)nc(Cl)n1. The Morgan fingerprint density at radius 1 is 1.24 bits per heavy atom. The van der Waals surface area contributed by atoms with Gasteiger partial charge in [0.25, 0.3) is 0 Å². The number of amides is 1. The smallest absolute Gasteiger partial charge is 0.239 e. The van der Waals surface area contributed by atoms with E-state index in [0.717, 1.165) is 0 Å². The molecule has 0 bridgehead atoms. The first kappa shape index (κ1) is 13.9. The minimum absolute atomic E-state index is 0.00866. The van der Waals surface area contributed by atoms with Crippen molar-refractivity contribution in [1.82, 2.24) is 20.3 Å². The largest absolute Gasteiger partial charge is 0.355 e. The molecular formula is C9H13Cl2N5O. The second kappa shape index (κ2) is 6.56. The van der Waals surface area contributed by atoms with Crippen molar-refractivity contribution >= 4 is 35.1 Å². The van der Waals surface area contributed by atoms with Crippen molar-refractivity contribution in [2.75, 3.05) is 24.5 Å². The third kappa shape index (κ3) is 4.32. The summed E-state index contributed by atoms with van der Waals surface area (Å²) in [6.07, 6.45) is 0. The lowest BCUT2D eigenvalue weighted by Gasteiger charge is -2.19. The van der Waals surface area contributed by atoms with E-state index in [0.29, 0.717) is 19.0 Å². The van der Waals surface area contributed by atoms with E-state index in [4.69, 9.17) is 23.2 Å². The molecule has 0 saturated carbocycles. The average molecular weight is 278 g/mol. The predicted octanol–water partition coefficient (Wildman–Crippen LogP) is 1.14. The summed E-state index contributed by atoms with van der Waals surface area (Å²) in [7, 11) is 0. The highest BCUT2D eigenvalue weighted by Crippen LogP contribution is 2.13. The van der Waals surface area contributed by atoms with E-state index in [9.17, 15) is 4.79 Å². The lowest BCUT2D eigenvalue weighted by molar-refractivity contribution is -0.119. The molecule has 1 heterocycles. The zero-order chi connectivity index (χ0) is 12.8. The number of anilines is 1. The molecule has 0 atom stereocenters. The summed E-state index contributed by atoms with van der Waals surface area (Å²) in [4.78, 5) is 24.6. The van der Waals surface area contributed by atoms with Crippen molar-refractivity contribution < 1.29 is 4.79 Å². The molecule has 1 aromatic heterocycles. The molecule has 94 valence electrons. The van der Waals surface area contributed by atoms with Gasteiger partial charge in [-0.05, 0) is 37.0 Å². The Morgan fingerprint density at radius 3 is 2.29 bits per heavy atom. The van der Waals surface area contributed by atoms with Crippen LogP contribution in [0.5, 0.6) is 0 Å². The molecular weight excluding hydrogens is 265 g/mol. The summed E-state index contributed by atoms with van der Waals surface area (Å²) < 4.78 is 0. The number of aromatic nitrogens is 3. The van der Waals surface area contributed by atoms with Crippen LogP contribution in [0, 0.1) is 0 Å². The summed E-state index contributed by atoms with van der Waals surface area (Å²) in [5, 5.41) is 2.71. The van der Waals surface area contributed by atoms with Gasteiger partial charge in [0, 0.05) is 13.1 Å². The van der Waals surface area contributed by atoms with E-state index in [1.165, 1.54) is 0 Å². The van der Waals surface area contributed by atoms with Crippen LogP contribution in [0.15, 0.2) is 0 Å². The van der Waals surface area contributed by atoms with E-state index in [2.05, 4.69) is 20.3 Å². The Labute approximate surface area is 109 Å². The molecule has 6 nitrogen and oxygen atoms in total. The molecule has 1 amide bonds. The van der Waals surface area contributed by atoms with Gasteiger partial charge in [0.05, 0.1) is 6.54 Å². The summed E-state index contributed by atoms with van der Waals surface area (Å²) in [5.41, 5.74) is 0. The zero-order valence-electron chi connectivity index (χ0n) is 9.57. The number of rotatable bonds is 5.